The molecule has 40 heavy (non-hydrogen) atoms. The molecular formula is C26H25FN5O7P. The number of nitrogens with two attached hydrogens (primary N) is 1. The van der Waals surface area contributed by atoms with Crippen molar-refractivity contribution in [1.29, 1.82) is 0 Å². The van der Waals surface area contributed by atoms with Gasteiger partial charge in [-0.25, -0.2) is 9.37 Å². The van der Waals surface area contributed by atoms with Crippen molar-refractivity contribution in [2.45, 2.75) is 13.2 Å². The lowest BCUT2D eigenvalue weighted by Crippen LogP contribution is -2.13. The minimum Gasteiger partial charge on any atom is -0.424 e. The largest absolute Gasteiger partial charge is 0.424 e. The number of aromatic amines is 1. The van der Waals surface area contributed by atoms with Crippen LogP contribution in [0.2, 0.25) is 0 Å². The number of imidazole rings is 1. The Bertz CT molecular complexity index is 1670. The third-order valence-electron chi connectivity index (χ3n) is 5.67. The maximum absolute atomic E-state index is 13.7. The number of H-pyrrole nitrogens is 1. The van der Waals surface area contributed by atoms with Gasteiger partial charge in [-0.1, -0.05) is 42.5 Å². The van der Waals surface area contributed by atoms with Crippen LogP contribution in [0.25, 0.3) is 16.9 Å². The topological polar surface area (TPSA) is 153 Å². The predicted octanol–water partition coefficient (Wildman–Crippen LogP) is 4.13. The minimum absolute atomic E-state index is 0.0462. The highest BCUT2D eigenvalue weighted by Gasteiger charge is 2.30. The third kappa shape index (κ3) is 6.46. The van der Waals surface area contributed by atoms with E-state index in [1.807, 2.05) is 30.3 Å². The maximum atomic E-state index is 13.7. The van der Waals surface area contributed by atoms with E-state index in [-0.39, 0.29) is 55.2 Å². The number of halogens is 1. The van der Waals surface area contributed by atoms with Gasteiger partial charge in [-0.15, -0.1) is 0 Å². The zero-order valence-corrected chi connectivity index (χ0v) is 22.0. The Morgan fingerprint density at radius 1 is 1.10 bits per heavy atom. The van der Waals surface area contributed by atoms with E-state index in [4.69, 9.17) is 29.0 Å². The summed E-state index contributed by atoms with van der Waals surface area (Å²) in [6.45, 7) is 3.49. The second kappa shape index (κ2) is 11.8. The molecule has 0 amide bonds. The highest BCUT2D eigenvalue weighted by molar-refractivity contribution is 7.53. The first kappa shape index (κ1) is 27.3. The average molecular weight is 569 g/mol. The summed E-state index contributed by atoms with van der Waals surface area (Å²) in [6.07, 6.45) is 0.995. The fraction of sp³-hybridized carbons (Fsp3) is 0.192. The van der Waals surface area contributed by atoms with E-state index < -0.39 is 25.3 Å². The molecule has 12 nitrogen and oxygen atoms in total. The van der Waals surface area contributed by atoms with Crippen molar-refractivity contribution in [1.82, 2.24) is 19.5 Å². The molecule has 0 bridgehead atoms. The van der Waals surface area contributed by atoms with Crippen molar-refractivity contribution >= 4 is 30.5 Å². The Balaban J connectivity index is 1.28. The normalized spacial score (nSPS) is 14.8. The van der Waals surface area contributed by atoms with Gasteiger partial charge in [0.2, 0.25) is 5.95 Å². The number of hydrogen-bond acceptors (Lipinski definition) is 10. The summed E-state index contributed by atoms with van der Waals surface area (Å²) in [4.78, 5) is 22.5. The van der Waals surface area contributed by atoms with Gasteiger partial charge < -0.3 is 29.0 Å². The molecule has 4 aromatic rings. The van der Waals surface area contributed by atoms with Crippen LogP contribution >= 0.6 is 7.60 Å². The SMILES string of the molecule is C=C1OC(COP(=O)(COCCn2cnc3c(=O)[nH]c(N)nc32)OCc2cccc(F)c2)=C(c2ccccc2)O1. The molecular weight excluding hydrogens is 544 g/mol. The highest BCUT2D eigenvalue weighted by atomic mass is 31.2. The molecule has 1 atom stereocenters. The molecule has 208 valence electrons. The number of benzene rings is 2. The lowest BCUT2D eigenvalue weighted by Gasteiger charge is -2.19. The number of aromatic nitrogens is 4. The number of nitrogen functional groups attached to an aromatic ring is 1. The van der Waals surface area contributed by atoms with E-state index >= 15 is 0 Å². The zero-order chi connectivity index (χ0) is 28.1. The summed E-state index contributed by atoms with van der Waals surface area (Å²) < 4.78 is 57.1. The molecule has 1 unspecified atom stereocenters. The van der Waals surface area contributed by atoms with E-state index in [1.54, 1.807) is 10.6 Å². The van der Waals surface area contributed by atoms with Crippen LogP contribution in [0.15, 0.2) is 84.0 Å². The lowest BCUT2D eigenvalue weighted by atomic mass is 10.2. The van der Waals surface area contributed by atoms with Crippen molar-refractivity contribution in [2.75, 3.05) is 25.3 Å². The summed E-state index contributed by atoms with van der Waals surface area (Å²) in [7, 11) is -3.92. The second-order valence-electron chi connectivity index (χ2n) is 8.58. The Labute approximate surface area is 227 Å². The van der Waals surface area contributed by atoms with Crippen LogP contribution in [0.3, 0.4) is 0 Å². The van der Waals surface area contributed by atoms with Gasteiger partial charge in [0.1, 0.15) is 18.8 Å². The van der Waals surface area contributed by atoms with Crippen molar-refractivity contribution in [3.8, 4) is 0 Å². The van der Waals surface area contributed by atoms with Crippen LogP contribution in [-0.2, 0) is 41.0 Å². The molecule has 0 spiro atoms. The number of hydrogen-bond donors (Lipinski definition) is 2. The van der Waals surface area contributed by atoms with Crippen molar-refractivity contribution in [3.05, 3.63) is 107 Å². The smallest absolute Gasteiger partial charge is 0.356 e. The first-order chi connectivity index (χ1) is 19.3. The van der Waals surface area contributed by atoms with Gasteiger partial charge in [-0.05, 0) is 24.3 Å². The van der Waals surface area contributed by atoms with Crippen LogP contribution in [0.4, 0.5) is 10.3 Å². The standard InChI is InChI=1S/C26H25FN5O7P/c1-17-38-21(23(39-17)19-7-3-2-4-8-19)14-37-40(34,36-13-18-6-5-9-20(27)12-18)16-35-11-10-32-15-29-22-24(32)30-26(28)31-25(22)33/h2-9,12,15H,1,10-11,13-14,16H2,(H3,28,30,31,33). The molecule has 0 radical (unpaired) electrons. The molecule has 2 aromatic heterocycles. The van der Waals surface area contributed by atoms with Gasteiger partial charge >= 0.3 is 7.60 Å². The van der Waals surface area contributed by atoms with Gasteiger partial charge in [0, 0.05) is 12.1 Å². The van der Waals surface area contributed by atoms with Crippen LogP contribution in [0, 0.1) is 5.82 Å². The summed E-state index contributed by atoms with van der Waals surface area (Å²) in [6, 6.07) is 14.9. The van der Waals surface area contributed by atoms with Crippen LogP contribution in [0.5, 0.6) is 0 Å². The Hall–Kier alpha value is -4.29. The van der Waals surface area contributed by atoms with Crippen LogP contribution in [-0.4, -0.2) is 39.1 Å². The second-order valence-corrected chi connectivity index (χ2v) is 10.6. The number of ether oxygens (including phenoxy) is 3. The highest BCUT2D eigenvalue weighted by Crippen LogP contribution is 2.50. The molecule has 5 rings (SSSR count). The monoisotopic (exact) mass is 569 g/mol. The minimum atomic E-state index is -3.92. The number of nitrogens with one attached hydrogen (secondary N) is 1. The predicted molar refractivity (Wildman–Crippen MR) is 143 cm³/mol. The third-order valence-corrected chi connectivity index (χ3v) is 7.21. The van der Waals surface area contributed by atoms with E-state index in [9.17, 15) is 13.8 Å². The number of rotatable bonds is 12. The van der Waals surface area contributed by atoms with Crippen molar-refractivity contribution in [2.24, 2.45) is 0 Å². The lowest BCUT2D eigenvalue weighted by molar-refractivity contribution is 0.114. The molecule has 0 saturated carbocycles. The maximum Gasteiger partial charge on any atom is 0.356 e. The first-order valence-electron chi connectivity index (χ1n) is 12.0. The van der Waals surface area contributed by atoms with Crippen molar-refractivity contribution in [3.63, 3.8) is 0 Å². The molecule has 0 fully saturated rings. The van der Waals surface area contributed by atoms with Gasteiger partial charge in [0.15, 0.2) is 22.7 Å². The summed E-state index contributed by atoms with van der Waals surface area (Å²) in [5, 5.41) is 0. The Morgan fingerprint density at radius 3 is 2.70 bits per heavy atom. The Morgan fingerprint density at radius 2 is 1.90 bits per heavy atom. The fourth-order valence-corrected chi connectivity index (χ4v) is 5.06. The number of fused-ring (bicyclic) bond motifs is 1. The first-order valence-corrected chi connectivity index (χ1v) is 13.8. The summed E-state index contributed by atoms with van der Waals surface area (Å²) in [5.41, 5.74) is 6.76. The van der Waals surface area contributed by atoms with Gasteiger partial charge in [0.25, 0.3) is 11.5 Å². The molecule has 0 saturated heterocycles. The van der Waals surface area contributed by atoms with Gasteiger partial charge in [-0.2, -0.15) is 4.98 Å². The van der Waals surface area contributed by atoms with E-state index in [2.05, 4.69) is 21.5 Å². The van der Waals surface area contributed by atoms with Gasteiger partial charge in [0.05, 0.1) is 19.5 Å². The summed E-state index contributed by atoms with van der Waals surface area (Å²) in [5.74, 6) is 0.168. The average Bonchev–Trinajstić information content (AvgIpc) is 3.52. The number of anilines is 1. The van der Waals surface area contributed by atoms with E-state index in [0.717, 1.165) is 0 Å². The fourth-order valence-electron chi connectivity index (χ4n) is 3.82. The molecule has 1 aliphatic rings. The van der Waals surface area contributed by atoms with Crippen LogP contribution < -0.4 is 11.3 Å². The quantitative estimate of drug-likeness (QED) is 0.188. The Kier molecular flexibility index (Phi) is 8.08. The summed E-state index contributed by atoms with van der Waals surface area (Å²) >= 11 is 0. The molecule has 1 aliphatic heterocycles. The van der Waals surface area contributed by atoms with E-state index in [1.165, 1.54) is 24.5 Å². The molecule has 2 aromatic carbocycles. The molecule has 3 N–H and O–H groups in total. The van der Waals surface area contributed by atoms with Gasteiger partial charge in [-0.3, -0.25) is 18.9 Å². The zero-order valence-electron chi connectivity index (χ0n) is 21.1. The molecule has 14 heteroatoms. The van der Waals surface area contributed by atoms with Crippen molar-refractivity contribution < 1.29 is 32.2 Å². The van der Waals surface area contributed by atoms with Crippen LogP contribution in [0.1, 0.15) is 11.1 Å². The molecule has 0 aliphatic carbocycles. The number of nitrogens with zero attached hydrogens (tertiary/aromatic N) is 3. The van der Waals surface area contributed by atoms with E-state index in [0.29, 0.717) is 16.9 Å². The molecule has 3 heterocycles.